The van der Waals surface area contributed by atoms with E-state index in [1.165, 1.54) is 0 Å². The van der Waals surface area contributed by atoms with Crippen molar-refractivity contribution in [1.29, 1.82) is 5.26 Å². The van der Waals surface area contributed by atoms with Gasteiger partial charge in [-0.05, 0) is 11.6 Å². The standard InChI is InChI=1S/C12H12N4O/c13-6-10-4-3-9(7-15-10)8-16-12(17)11-2-1-5-14-11/h1-4,7,11,14H,5,8H2,(H,16,17). The number of nitrogens with one attached hydrogen (secondary N) is 2. The zero-order valence-electron chi connectivity index (χ0n) is 9.18. The van der Waals surface area contributed by atoms with Crippen LogP contribution in [0.1, 0.15) is 11.3 Å². The van der Waals surface area contributed by atoms with Crippen molar-refractivity contribution in [3.05, 3.63) is 41.7 Å². The monoisotopic (exact) mass is 228 g/mol. The normalized spacial score (nSPS) is 17.7. The van der Waals surface area contributed by atoms with Crippen LogP contribution in [0.25, 0.3) is 0 Å². The summed E-state index contributed by atoms with van der Waals surface area (Å²) in [7, 11) is 0. The van der Waals surface area contributed by atoms with Crippen LogP contribution in [0.4, 0.5) is 0 Å². The van der Waals surface area contributed by atoms with Crippen LogP contribution in [0.2, 0.25) is 0 Å². The third-order valence-electron chi connectivity index (χ3n) is 2.47. The fraction of sp³-hybridized carbons (Fsp3) is 0.250. The fourth-order valence-corrected chi connectivity index (χ4v) is 1.54. The Kier molecular flexibility index (Phi) is 3.48. The molecule has 1 aliphatic heterocycles. The van der Waals surface area contributed by atoms with Crippen LogP contribution in [0.15, 0.2) is 30.5 Å². The summed E-state index contributed by atoms with van der Waals surface area (Å²) in [5.74, 6) is -0.0527. The zero-order valence-corrected chi connectivity index (χ0v) is 9.18. The highest BCUT2D eigenvalue weighted by Gasteiger charge is 2.16. The molecular formula is C12H12N4O. The molecule has 1 unspecified atom stereocenters. The Morgan fingerprint density at radius 2 is 2.53 bits per heavy atom. The van der Waals surface area contributed by atoms with E-state index in [1.54, 1.807) is 18.3 Å². The highest BCUT2D eigenvalue weighted by atomic mass is 16.2. The Morgan fingerprint density at radius 1 is 1.65 bits per heavy atom. The summed E-state index contributed by atoms with van der Waals surface area (Å²) in [4.78, 5) is 15.6. The van der Waals surface area contributed by atoms with Crippen LogP contribution in [-0.2, 0) is 11.3 Å². The maximum Gasteiger partial charge on any atom is 0.241 e. The molecule has 17 heavy (non-hydrogen) atoms. The molecule has 0 saturated carbocycles. The van der Waals surface area contributed by atoms with Gasteiger partial charge in [0.25, 0.3) is 0 Å². The minimum Gasteiger partial charge on any atom is -0.350 e. The largest absolute Gasteiger partial charge is 0.350 e. The molecule has 1 aliphatic rings. The van der Waals surface area contributed by atoms with Crippen LogP contribution >= 0.6 is 0 Å². The third-order valence-corrected chi connectivity index (χ3v) is 2.47. The lowest BCUT2D eigenvalue weighted by molar-refractivity contribution is -0.122. The van der Waals surface area contributed by atoms with E-state index < -0.39 is 0 Å². The summed E-state index contributed by atoms with van der Waals surface area (Å²) in [5.41, 5.74) is 1.25. The summed E-state index contributed by atoms with van der Waals surface area (Å²) in [6.07, 6.45) is 5.36. The molecule has 0 bridgehead atoms. The molecule has 2 N–H and O–H groups in total. The van der Waals surface area contributed by atoms with E-state index in [1.807, 2.05) is 18.2 Å². The lowest BCUT2D eigenvalue weighted by Crippen LogP contribution is -2.40. The van der Waals surface area contributed by atoms with Gasteiger partial charge in [-0.25, -0.2) is 4.98 Å². The minimum atomic E-state index is -0.235. The number of pyridine rings is 1. The molecule has 1 aromatic rings. The molecule has 0 saturated heterocycles. The van der Waals surface area contributed by atoms with Crippen molar-refractivity contribution in [1.82, 2.24) is 15.6 Å². The highest BCUT2D eigenvalue weighted by Crippen LogP contribution is 2.00. The maximum atomic E-state index is 11.6. The van der Waals surface area contributed by atoms with Gasteiger partial charge in [0.2, 0.25) is 5.91 Å². The molecule has 0 aromatic carbocycles. The van der Waals surface area contributed by atoms with Crippen molar-refractivity contribution in [2.75, 3.05) is 6.54 Å². The molecular weight excluding hydrogens is 216 g/mol. The molecule has 5 nitrogen and oxygen atoms in total. The molecule has 2 rings (SSSR count). The number of nitriles is 1. The summed E-state index contributed by atoms with van der Waals surface area (Å²) >= 11 is 0. The first-order valence-electron chi connectivity index (χ1n) is 5.32. The Balaban J connectivity index is 1.87. The van der Waals surface area contributed by atoms with Crippen molar-refractivity contribution in [2.45, 2.75) is 12.6 Å². The Labute approximate surface area is 99.2 Å². The average molecular weight is 228 g/mol. The average Bonchev–Trinajstić information content (AvgIpc) is 2.90. The fourth-order valence-electron chi connectivity index (χ4n) is 1.54. The van der Waals surface area contributed by atoms with E-state index in [9.17, 15) is 4.79 Å². The van der Waals surface area contributed by atoms with Crippen LogP contribution in [0.5, 0.6) is 0 Å². The lowest BCUT2D eigenvalue weighted by Gasteiger charge is -2.09. The summed E-state index contributed by atoms with van der Waals surface area (Å²) in [5, 5.41) is 14.4. The first-order valence-corrected chi connectivity index (χ1v) is 5.32. The van der Waals surface area contributed by atoms with Crippen molar-refractivity contribution in [3.8, 4) is 6.07 Å². The van der Waals surface area contributed by atoms with Gasteiger partial charge in [0.05, 0.1) is 0 Å². The Hall–Kier alpha value is -2.19. The number of hydrogen-bond acceptors (Lipinski definition) is 4. The second-order valence-corrected chi connectivity index (χ2v) is 3.70. The van der Waals surface area contributed by atoms with Crippen molar-refractivity contribution < 1.29 is 4.79 Å². The number of carbonyl (C=O) groups excluding carboxylic acids is 1. The number of hydrogen-bond donors (Lipinski definition) is 2. The van der Waals surface area contributed by atoms with Gasteiger partial charge in [0, 0.05) is 19.3 Å². The summed E-state index contributed by atoms with van der Waals surface area (Å²) in [6.45, 7) is 1.15. The van der Waals surface area contributed by atoms with E-state index in [4.69, 9.17) is 5.26 Å². The highest BCUT2D eigenvalue weighted by molar-refractivity contribution is 5.84. The van der Waals surface area contributed by atoms with Gasteiger partial charge in [0.15, 0.2) is 0 Å². The molecule has 0 radical (unpaired) electrons. The van der Waals surface area contributed by atoms with Crippen molar-refractivity contribution >= 4 is 5.91 Å². The van der Waals surface area contributed by atoms with E-state index in [0.29, 0.717) is 12.2 Å². The molecule has 1 amide bonds. The van der Waals surface area contributed by atoms with Crippen molar-refractivity contribution in [2.24, 2.45) is 0 Å². The van der Waals surface area contributed by atoms with Gasteiger partial charge in [-0.15, -0.1) is 0 Å². The van der Waals surface area contributed by atoms with Crippen LogP contribution in [-0.4, -0.2) is 23.5 Å². The summed E-state index contributed by atoms with van der Waals surface area (Å²) in [6, 6.07) is 5.13. The van der Waals surface area contributed by atoms with E-state index in [-0.39, 0.29) is 11.9 Å². The molecule has 1 atom stereocenters. The first kappa shape index (κ1) is 11.3. The lowest BCUT2D eigenvalue weighted by atomic mass is 10.2. The molecule has 0 spiro atoms. The predicted octanol–water partition coefficient (Wildman–Crippen LogP) is 0.0975. The maximum absolute atomic E-state index is 11.6. The van der Waals surface area contributed by atoms with Gasteiger partial charge >= 0.3 is 0 Å². The number of rotatable bonds is 3. The number of aromatic nitrogens is 1. The third kappa shape index (κ3) is 2.89. The molecule has 0 fully saturated rings. The quantitative estimate of drug-likeness (QED) is 0.719. The minimum absolute atomic E-state index is 0.0527. The molecule has 1 aromatic heterocycles. The van der Waals surface area contributed by atoms with Gasteiger partial charge in [-0.1, -0.05) is 18.2 Å². The SMILES string of the molecule is N#Cc1ccc(CNC(=O)C2C=CCN2)cn1. The molecule has 0 aliphatic carbocycles. The second-order valence-electron chi connectivity index (χ2n) is 3.70. The smallest absolute Gasteiger partial charge is 0.241 e. The molecule has 2 heterocycles. The predicted molar refractivity (Wildman–Crippen MR) is 61.7 cm³/mol. The number of carbonyl (C=O) groups is 1. The molecule has 5 heteroatoms. The number of amides is 1. The van der Waals surface area contributed by atoms with Crippen LogP contribution in [0.3, 0.4) is 0 Å². The van der Waals surface area contributed by atoms with Gasteiger partial charge in [-0.2, -0.15) is 5.26 Å². The molecule has 86 valence electrons. The number of nitrogens with zero attached hydrogens (tertiary/aromatic N) is 2. The second kappa shape index (κ2) is 5.23. The topological polar surface area (TPSA) is 77.8 Å². The van der Waals surface area contributed by atoms with Gasteiger partial charge in [0.1, 0.15) is 17.8 Å². The van der Waals surface area contributed by atoms with Crippen LogP contribution in [0, 0.1) is 11.3 Å². The van der Waals surface area contributed by atoms with Gasteiger partial charge < -0.3 is 5.32 Å². The Bertz CT molecular complexity index is 472. The zero-order chi connectivity index (χ0) is 12.1. The first-order chi connectivity index (χ1) is 8.29. The van der Waals surface area contributed by atoms with E-state index >= 15 is 0 Å². The van der Waals surface area contributed by atoms with E-state index in [0.717, 1.165) is 12.1 Å². The van der Waals surface area contributed by atoms with Gasteiger partial charge in [-0.3, -0.25) is 10.1 Å². The van der Waals surface area contributed by atoms with Crippen molar-refractivity contribution in [3.63, 3.8) is 0 Å². The van der Waals surface area contributed by atoms with E-state index in [2.05, 4.69) is 15.6 Å². The Morgan fingerprint density at radius 3 is 3.12 bits per heavy atom. The summed E-state index contributed by atoms with van der Waals surface area (Å²) < 4.78 is 0. The van der Waals surface area contributed by atoms with Crippen LogP contribution < -0.4 is 10.6 Å².